The van der Waals surface area contributed by atoms with Crippen molar-refractivity contribution >= 4 is 29.1 Å². The highest BCUT2D eigenvalue weighted by molar-refractivity contribution is 6.30. The van der Waals surface area contributed by atoms with Crippen LogP contribution in [0.25, 0.3) is 0 Å². The van der Waals surface area contributed by atoms with E-state index >= 15 is 0 Å². The Labute approximate surface area is 226 Å². The van der Waals surface area contributed by atoms with E-state index in [0.717, 1.165) is 27.9 Å². The third-order valence-electron chi connectivity index (χ3n) is 6.46. The zero-order valence-corrected chi connectivity index (χ0v) is 22.3. The van der Waals surface area contributed by atoms with Crippen LogP contribution in [0.1, 0.15) is 35.2 Å². The number of ether oxygens (including phenoxy) is 2. The van der Waals surface area contributed by atoms with E-state index in [1.54, 1.807) is 11.8 Å². The summed E-state index contributed by atoms with van der Waals surface area (Å²) in [5.74, 6) is 1.44. The Bertz CT molecular complexity index is 1540. The van der Waals surface area contributed by atoms with Crippen LogP contribution in [0.3, 0.4) is 0 Å². The molecule has 1 unspecified atom stereocenters. The summed E-state index contributed by atoms with van der Waals surface area (Å²) in [4.78, 5) is 18.0. The Kier molecular flexibility index (Phi) is 7.07. The predicted molar refractivity (Wildman–Crippen MR) is 148 cm³/mol. The molecule has 2 heterocycles. The number of anilines is 2. The van der Waals surface area contributed by atoms with Crippen molar-refractivity contribution in [2.45, 2.75) is 33.4 Å². The Morgan fingerprint density at radius 3 is 2.68 bits per heavy atom. The molecule has 5 rings (SSSR count). The van der Waals surface area contributed by atoms with Gasteiger partial charge >= 0.3 is 0 Å². The number of carbonyl (C=O) groups is 1. The first-order valence-corrected chi connectivity index (χ1v) is 12.5. The standard InChI is InChI=1S/C29H28ClN5O3/c1-17-8-10-23(18(2)12-17)34-28(36)26-19(3)33-29-31-16-32-35(29)27(26)21-9-11-24(25(14-21)37-4)38-15-20-6-5-7-22(30)13-20/h5-14,16,27H,15H2,1-4H3,(H,34,36)(H,31,32,33). The highest BCUT2D eigenvalue weighted by Crippen LogP contribution is 2.39. The van der Waals surface area contributed by atoms with E-state index in [-0.39, 0.29) is 5.91 Å². The molecule has 0 spiro atoms. The number of hydrogen-bond donors (Lipinski definition) is 2. The monoisotopic (exact) mass is 529 g/mol. The third-order valence-corrected chi connectivity index (χ3v) is 6.69. The summed E-state index contributed by atoms with van der Waals surface area (Å²) >= 11 is 6.11. The maximum Gasteiger partial charge on any atom is 0.255 e. The lowest BCUT2D eigenvalue weighted by molar-refractivity contribution is -0.113. The van der Waals surface area contributed by atoms with Crippen LogP contribution in [0.2, 0.25) is 5.02 Å². The van der Waals surface area contributed by atoms with Crippen molar-refractivity contribution in [1.29, 1.82) is 0 Å². The van der Waals surface area contributed by atoms with Crippen LogP contribution in [-0.2, 0) is 11.4 Å². The number of nitrogens with zero attached hydrogens (tertiary/aromatic N) is 3. The summed E-state index contributed by atoms with van der Waals surface area (Å²) in [5.41, 5.74) is 5.84. The number of halogens is 1. The molecule has 2 N–H and O–H groups in total. The maximum absolute atomic E-state index is 13.7. The molecule has 1 aliphatic heterocycles. The van der Waals surface area contributed by atoms with Gasteiger partial charge in [-0.3, -0.25) is 4.79 Å². The fourth-order valence-electron chi connectivity index (χ4n) is 4.60. The van der Waals surface area contributed by atoms with Crippen LogP contribution < -0.4 is 20.1 Å². The lowest BCUT2D eigenvalue weighted by Gasteiger charge is -2.29. The van der Waals surface area contributed by atoms with Crippen LogP contribution in [0.5, 0.6) is 11.5 Å². The second-order valence-electron chi connectivity index (χ2n) is 9.20. The van der Waals surface area contributed by atoms with Crippen molar-refractivity contribution in [3.63, 3.8) is 0 Å². The zero-order chi connectivity index (χ0) is 26.8. The summed E-state index contributed by atoms with van der Waals surface area (Å²) in [6.45, 7) is 6.19. The second kappa shape index (κ2) is 10.6. The van der Waals surface area contributed by atoms with Crippen LogP contribution >= 0.6 is 11.6 Å². The molecule has 1 aromatic heterocycles. The zero-order valence-electron chi connectivity index (χ0n) is 21.6. The quantitative estimate of drug-likeness (QED) is 0.302. The molecule has 3 aromatic carbocycles. The van der Waals surface area contributed by atoms with Crippen molar-refractivity contribution in [3.05, 3.63) is 106 Å². The minimum Gasteiger partial charge on any atom is -0.493 e. The Hall–Kier alpha value is -4.30. The molecule has 1 atom stereocenters. The molecule has 4 aromatic rings. The number of carbonyl (C=O) groups excluding carboxylic acids is 1. The van der Waals surface area contributed by atoms with Gasteiger partial charge in [-0.05, 0) is 67.8 Å². The highest BCUT2D eigenvalue weighted by Gasteiger charge is 2.34. The van der Waals surface area contributed by atoms with E-state index in [4.69, 9.17) is 21.1 Å². The number of amides is 1. The SMILES string of the molecule is COc1cc(C2C(C(=O)Nc3ccc(C)cc3C)=C(C)Nc3ncnn32)ccc1OCc1cccc(Cl)c1. The largest absolute Gasteiger partial charge is 0.493 e. The van der Waals surface area contributed by atoms with Crippen LogP contribution in [0, 0.1) is 13.8 Å². The molecule has 9 heteroatoms. The number of methoxy groups -OCH3 is 1. The fraction of sp³-hybridized carbons (Fsp3) is 0.207. The number of fused-ring (bicyclic) bond motifs is 1. The van der Waals surface area contributed by atoms with E-state index in [0.29, 0.717) is 40.3 Å². The summed E-state index contributed by atoms with van der Waals surface area (Å²) in [7, 11) is 1.59. The van der Waals surface area contributed by atoms with E-state index in [9.17, 15) is 4.79 Å². The van der Waals surface area contributed by atoms with Gasteiger partial charge in [0.15, 0.2) is 11.5 Å². The van der Waals surface area contributed by atoms with Gasteiger partial charge in [0, 0.05) is 16.4 Å². The lowest BCUT2D eigenvalue weighted by atomic mass is 9.94. The number of hydrogen-bond acceptors (Lipinski definition) is 6. The van der Waals surface area contributed by atoms with Gasteiger partial charge in [-0.1, -0.05) is 47.5 Å². The second-order valence-corrected chi connectivity index (χ2v) is 9.63. The molecule has 0 saturated heterocycles. The minimum atomic E-state index is -0.532. The average molecular weight is 530 g/mol. The minimum absolute atomic E-state index is 0.228. The van der Waals surface area contributed by atoms with Gasteiger partial charge in [0.1, 0.15) is 19.0 Å². The van der Waals surface area contributed by atoms with Crippen molar-refractivity contribution in [3.8, 4) is 11.5 Å². The molecule has 0 fully saturated rings. The number of aromatic nitrogens is 3. The average Bonchev–Trinajstić information content (AvgIpc) is 3.36. The van der Waals surface area contributed by atoms with Gasteiger partial charge in [0.25, 0.3) is 5.91 Å². The van der Waals surface area contributed by atoms with Gasteiger partial charge in [-0.25, -0.2) is 4.68 Å². The van der Waals surface area contributed by atoms with Crippen LogP contribution in [-0.4, -0.2) is 27.8 Å². The molecule has 194 valence electrons. The van der Waals surface area contributed by atoms with E-state index in [2.05, 4.69) is 20.7 Å². The maximum atomic E-state index is 13.7. The van der Waals surface area contributed by atoms with Crippen molar-refractivity contribution in [2.24, 2.45) is 0 Å². The first-order valence-electron chi connectivity index (χ1n) is 12.1. The van der Waals surface area contributed by atoms with E-state index < -0.39 is 6.04 Å². The van der Waals surface area contributed by atoms with E-state index in [1.807, 2.05) is 81.4 Å². The molecule has 1 amide bonds. The Balaban J connectivity index is 1.48. The molecular formula is C29H28ClN5O3. The van der Waals surface area contributed by atoms with E-state index in [1.165, 1.54) is 6.33 Å². The third kappa shape index (κ3) is 5.08. The van der Waals surface area contributed by atoms with Gasteiger partial charge in [-0.15, -0.1) is 0 Å². The number of aryl methyl sites for hydroxylation is 2. The lowest BCUT2D eigenvalue weighted by Crippen LogP contribution is -2.31. The number of rotatable bonds is 7. The van der Waals surface area contributed by atoms with Crippen LogP contribution in [0.15, 0.2) is 78.3 Å². The first-order chi connectivity index (χ1) is 18.3. The highest BCUT2D eigenvalue weighted by atomic mass is 35.5. The normalized spacial score (nSPS) is 14.5. The van der Waals surface area contributed by atoms with Gasteiger partial charge < -0.3 is 20.1 Å². The Morgan fingerprint density at radius 1 is 1.08 bits per heavy atom. The molecular weight excluding hydrogens is 502 g/mol. The fourth-order valence-corrected chi connectivity index (χ4v) is 4.81. The van der Waals surface area contributed by atoms with Crippen molar-refractivity contribution < 1.29 is 14.3 Å². The van der Waals surface area contributed by atoms with Gasteiger partial charge in [0.2, 0.25) is 5.95 Å². The topological polar surface area (TPSA) is 90.3 Å². The Morgan fingerprint density at radius 2 is 1.92 bits per heavy atom. The molecule has 8 nitrogen and oxygen atoms in total. The molecule has 38 heavy (non-hydrogen) atoms. The van der Waals surface area contributed by atoms with Gasteiger partial charge in [-0.2, -0.15) is 10.1 Å². The number of benzene rings is 3. The van der Waals surface area contributed by atoms with Crippen LogP contribution in [0.4, 0.5) is 11.6 Å². The molecule has 0 saturated carbocycles. The first kappa shape index (κ1) is 25.4. The smallest absolute Gasteiger partial charge is 0.255 e. The molecule has 0 radical (unpaired) electrons. The summed E-state index contributed by atoms with van der Waals surface area (Å²) in [6, 6.07) is 18.5. The molecule has 0 bridgehead atoms. The summed E-state index contributed by atoms with van der Waals surface area (Å²) < 4.78 is 13.4. The number of nitrogens with one attached hydrogen (secondary N) is 2. The summed E-state index contributed by atoms with van der Waals surface area (Å²) in [5, 5.41) is 11.4. The molecule has 0 aliphatic carbocycles. The number of allylic oxidation sites excluding steroid dienone is 1. The summed E-state index contributed by atoms with van der Waals surface area (Å²) in [6.07, 6.45) is 1.47. The predicted octanol–water partition coefficient (Wildman–Crippen LogP) is 6.06. The molecule has 1 aliphatic rings. The van der Waals surface area contributed by atoms with Crippen molar-refractivity contribution in [2.75, 3.05) is 17.7 Å². The van der Waals surface area contributed by atoms with Crippen molar-refractivity contribution in [1.82, 2.24) is 14.8 Å². The van der Waals surface area contributed by atoms with Gasteiger partial charge in [0.05, 0.1) is 12.7 Å².